The van der Waals surface area contributed by atoms with Gasteiger partial charge in [-0.3, -0.25) is 4.79 Å². The summed E-state index contributed by atoms with van der Waals surface area (Å²) in [5.74, 6) is -0.689. The summed E-state index contributed by atoms with van der Waals surface area (Å²) in [5, 5.41) is 3.62. The number of rotatable bonds is 2. The number of oxime groups is 1. The maximum atomic E-state index is 11.4. The lowest BCUT2D eigenvalue weighted by molar-refractivity contribution is -0.111. The summed E-state index contributed by atoms with van der Waals surface area (Å²) in [4.78, 5) is 27.1. The van der Waals surface area contributed by atoms with Gasteiger partial charge in [-0.15, -0.1) is 0 Å². The molecule has 0 saturated heterocycles. The minimum absolute atomic E-state index is 0.0749. The van der Waals surface area contributed by atoms with E-state index >= 15 is 0 Å². The van der Waals surface area contributed by atoms with Crippen LogP contribution in [0.4, 0.5) is 0 Å². The van der Waals surface area contributed by atoms with Gasteiger partial charge in [0.15, 0.2) is 5.78 Å². The Morgan fingerprint density at radius 2 is 2.24 bits per heavy atom. The molecular formula is C12H9NO4. The van der Waals surface area contributed by atoms with E-state index in [1.807, 2.05) is 0 Å². The number of carbonyl (C=O) groups is 2. The Kier molecular flexibility index (Phi) is 3.00. The maximum absolute atomic E-state index is 11.4. The predicted octanol–water partition coefficient (Wildman–Crippen LogP) is 1.88. The number of allylic oxidation sites excluding steroid dienone is 4. The van der Waals surface area contributed by atoms with Gasteiger partial charge in [-0.25, -0.2) is 4.79 Å². The first-order valence-electron chi connectivity index (χ1n) is 4.90. The fourth-order valence-corrected chi connectivity index (χ4v) is 1.22. The minimum Gasteiger partial charge on any atom is -0.457 e. The lowest BCUT2D eigenvalue weighted by Crippen LogP contribution is -2.07. The van der Waals surface area contributed by atoms with Gasteiger partial charge in [0.1, 0.15) is 5.71 Å². The van der Waals surface area contributed by atoms with Crippen molar-refractivity contribution in [3.05, 3.63) is 48.0 Å². The van der Waals surface area contributed by atoms with E-state index in [4.69, 9.17) is 4.42 Å². The van der Waals surface area contributed by atoms with Crippen molar-refractivity contribution in [2.75, 3.05) is 0 Å². The average molecular weight is 231 g/mol. The molecule has 1 aromatic heterocycles. The highest BCUT2D eigenvalue weighted by Gasteiger charge is 2.11. The van der Waals surface area contributed by atoms with Crippen molar-refractivity contribution in [3.63, 3.8) is 0 Å². The molecule has 86 valence electrons. The van der Waals surface area contributed by atoms with Gasteiger partial charge in [0, 0.05) is 0 Å². The van der Waals surface area contributed by atoms with Crippen LogP contribution in [0.2, 0.25) is 0 Å². The first-order chi connectivity index (χ1) is 8.16. The zero-order valence-electron chi connectivity index (χ0n) is 9.04. The van der Waals surface area contributed by atoms with Gasteiger partial charge in [0.05, 0.1) is 6.26 Å². The number of hydrogen-bond donors (Lipinski definition) is 0. The quantitative estimate of drug-likeness (QED) is 0.442. The van der Waals surface area contributed by atoms with Gasteiger partial charge in [0.25, 0.3) is 0 Å². The summed E-state index contributed by atoms with van der Waals surface area (Å²) in [7, 11) is 0. The molecule has 0 aromatic carbocycles. The molecule has 0 aliphatic heterocycles. The van der Waals surface area contributed by atoms with E-state index in [2.05, 4.69) is 9.99 Å². The SMILES string of the molecule is CC1=CC(=NOC(=O)c2ccco2)C=CC1=O. The van der Waals surface area contributed by atoms with Crippen molar-refractivity contribution in [3.8, 4) is 0 Å². The van der Waals surface area contributed by atoms with Gasteiger partial charge >= 0.3 is 5.97 Å². The Labute approximate surface area is 97.0 Å². The van der Waals surface area contributed by atoms with Gasteiger partial charge in [0.2, 0.25) is 5.76 Å². The average Bonchev–Trinajstić information content (AvgIpc) is 2.84. The molecule has 5 heteroatoms. The van der Waals surface area contributed by atoms with E-state index < -0.39 is 5.97 Å². The fourth-order valence-electron chi connectivity index (χ4n) is 1.22. The smallest absolute Gasteiger partial charge is 0.400 e. The molecule has 1 aliphatic carbocycles. The van der Waals surface area contributed by atoms with E-state index in [0.29, 0.717) is 11.3 Å². The second-order valence-electron chi connectivity index (χ2n) is 3.40. The Morgan fingerprint density at radius 1 is 1.41 bits per heavy atom. The summed E-state index contributed by atoms with van der Waals surface area (Å²) in [6.07, 6.45) is 5.75. The third kappa shape index (κ3) is 2.57. The number of furan rings is 1. The highest BCUT2D eigenvalue weighted by Crippen LogP contribution is 2.07. The zero-order chi connectivity index (χ0) is 12.3. The van der Waals surface area contributed by atoms with Crippen molar-refractivity contribution >= 4 is 17.5 Å². The summed E-state index contributed by atoms with van der Waals surface area (Å²) >= 11 is 0. The molecule has 0 amide bonds. The maximum Gasteiger partial charge on any atom is 0.400 e. The minimum atomic E-state index is -0.682. The molecule has 0 radical (unpaired) electrons. The van der Waals surface area contributed by atoms with Crippen LogP contribution in [0.1, 0.15) is 17.5 Å². The number of ketones is 1. The second kappa shape index (κ2) is 4.61. The zero-order valence-corrected chi connectivity index (χ0v) is 9.04. The van der Waals surface area contributed by atoms with Gasteiger partial charge < -0.3 is 9.25 Å². The topological polar surface area (TPSA) is 68.9 Å². The van der Waals surface area contributed by atoms with Crippen LogP contribution in [0.5, 0.6) is 0 Å². The van der Waals surface area contributed by atoms with Crippen LogP contribution < -0.4 is 0 Å². The molecule has 0 atom stereocenters. The second-order valence-corrected chi connectivity index (χ2v) is 3.40. The number of hydrogen-bond acceptors (Lipinski definition) is 5. The van der Waals surface area contributed by atoms with E-state index in [-0.39, 0.29) is 11.5 Å². The van der Waals surface area contributed by atoms with Crippen LogP contribution in [-0.2, 0) is 9.63 Å². The Balaban J connectivity index is 2.05. The van der Waals surface area contributed by atoms with Crippen molar-refractivity contribution in [2.24, 2.45) is 5.16 Å². The first-order valence-corrected chi connectivity index (χ1v) is 4.90. The van der Waals surface area contributed by atoms with Crippen LogP contribution >= 0.6 is 0 Å². The van der Waals surface area contributed by atoms with Gasteiger partial charge in [-0.2, -0.15) is 0 Å². The summed E-state index contributed by atoms with van der Waals surface area (Å²) in [6.45, 7) is 1.66. The highest BCUT2D eigenvalue weighted by molar-refractivity contribution is 6.18. The number of carbonyl (C=O) groups excluding carboxylic acids is 2. The van der Waals surface area contributed by atoms with E-state index in [0.717, 1.165) is 0 Å². The molecule has 0 saturated carbocycles. The first kappa shape index (κ1) is 11.1. The summed E-state index contributed by atoms with van der Waals surface area (Å²) < 4.78 is 4.84. The molecule has 5 nitrogen and oxygen atoms in total. The van der Waals surface area contributed by atoms with Crippen LogP contribution in [0.15, 0.2) is 51.8 Å². The Morgan fingerprint density at radius 3 is 2.88 bits per heavy atom. The molecule has 0 spiro atoms. The lowest BCUT2D eigenvalue weighted by atomic mass is 10.1. The van der Waals surface area contributed by atoms with Crippen molar-refractivity contribution in [2.45, 2.75) is 6.92 Å². The third-order valence-corrected chi connectivity index (χ3v) is 2.11. The Hall–Kier alpha value is -2.43. The largest absolute Gasteiger partial charge is 0.457 e. The normalized spacial score (nSPS) is 17.1. The standard InChI is InChI=1S/C12H9NO4/c1-8-7-9(4-5-10(8)14)13-17-12(15)11-3-2-6-16-11/h2-7H,1H3. The summed E-state index contributed by atoms with van der Waals surface area (Å²) in [6, 6.07) is 3.05. The highest BCUT2D eigenvalue weighted by atomic mass is 16.7. The molecule has 2 rings (SSSR count). The Bertz CT molecular complexity index is 535. The van der Waals surface area contributed by atoms with Crippen LogP contribution in [0.3, 0.4) is 0 Å². The van der Waals surface area contributed by atoms with Crippen molar-refractivity contribution < 1.29 is 18.8 Å². The van der Waals surface area contributed by atoms with Gasteiger partial charge in [-0.05, 0) is 42.9 Å². The van der Waals surface area contributed by atoms with Crippen molar-refractivity contribution in [1.82, 2.24) is 0 Å². The molecule has 0 fully saturated rings. The van der Waals surface area contributed by atoms with E-state index in [1.165, 1.54) is 30.6 Å². The molecule has 0 bridgehead atoms. The summed E-state index contributed by atoms with van der Waals surface area (Å²) in [5.41, 5.74) is 0.947. The van der Waals surface area contributed by atoms with Gasteiger partial charge in [-0.1, -0.05) is 5.16 Å². The fraction of sp³-hybridized carbons (Fsp3) is 0.0833. The van der Waals surface area contributed by atoms with E-state index in [1.54, 1.807) is 13.0 Å². The lowest BCUT2D eigenvalue weighted by Gasteiger charge is -2.02. The molecule has 1 aliphatic rings. The molecule has 17 heavy (non-hydrogen) atoms. The van der Waals surface area contributed by atoms with Crippen molar-refractivity contribution in [1.29, 1.82) is 0 Å². The van der Waals surface area contributed by atoms with Crippen LogP contribution in [0, 0.1) is 0 Å². The predicted molar refractivity (Wildman–Crippen MR) is 59.5 cm³/mol. The molecule has 0 unspecified atom stereocenters. The molecular weight excluding hydrogens is 222 g/mol. The third-order valence-electron chi connectivity index (χ3n) is 2.11. The molecule has 1 heterocycles. The monoisotopic (exact) mass is 231 g/mol. The van der Waals surface area contributed by atoms with Crippen LogP contribution in [0.25, 0.3) is 0 Å². The van der Waals surface area contributed by atoms with Crippen LogP contribution in [-0.4, -0.2) is 17.5 Å². The molecule has 0 N–H and O–H groups in total. The molecule has 1 aromatic rings. The number of nitrogens with zero attached hydrogens (tertiary/aromatic N) is 1. The van der Waals surface area contributed by atoms with E-state index in [9.17, 15) is 9.59 Å².